The molecule has 14 heteroatoms. The van der Waals surface area contributed by atoms with E-state index in [1.54, 1.807) is 18.2 Å². The van der Waals surface area contributed by atoms with Gasteiger partial charge in [0.15, 0.2) is 0 Å². The average molecular weight is 605 g/mol. The summed E-state index contributed by atoms with van der Waals surface area (Å²) in [5.74, 6) is -0.670. The molecule has 224 valence electrons. The summed E-state index contributed by atoms with van der Waals surface area (Å²) in [6, 6.07) is 9.91. The fourth-order valence-electron chi connectivity index (χ4n) is 5.16. The van der Waals surface area contributed by atoms with E-state index < -0.39 is 57.5 Å². The molecule has 0 saturated carbocycles. The molecule has 0 spiro atoms. The lowest BCUT2D eigenvalue weighted by Gasteiger charge is -2.25. The normalized spacial score (nSPS) is 13.1. The Bertz CT molecular complexity index is 1830. The summed E-state index contributed by atoms with van der Waals surface area (Å²) >= 11 is 0. The van der Waals surface area contributed by atoms with Crippen molar-refractivity contribution in [3.05, 3.63) is 103 Å². The smallest absolute Gasteiger partial charge is 0.416 e. The van der Waals surface area contributed by atoms with Crippen LogP contribution in [0.5, 0.6) is 5.75 Å². The number of amides is 1. The first kappa shape index (κ1) is 29.6. The Labute approximate surface area is 238 Å². The van der Waals surface area contributed by atoms with Crippen LogP contribution in [0, 0.1) is 17.0 Å². The summed E-state index contributed by atoms with van der Waals surface area (Å²) in [5, 5.41) is 12.0. The van der Waals surface area contributed by atoms with E-state index in [0.29, 0.717) is 34.3 Å². The van der Waals surface area contributed by atoms with E-state index in [4.69, 9.17) is 4.74 Å². The topological polar surface area (TPSA) is 94.7 Å². The summed E-state index contributed by atoms with van der Waals surface area (Å²) in [5.41, 5.74) is -4.29. The van der Waals surface area contributed by atoms with Crippen LogP contribution < -0.4 is 10.3 Å². The number of nitro groups is 1. The molecule has 2 heterocycles. The van der Waals surface area contributed by atoms with Gasteiger partial charge in [0.1, 0.15) is 17.9 Å². The van der Waals surface area contributed by atoms with Crippen LogP contribution in [0.15, 0.2) is 59.4 Å². The standard InChI is InChI=1S/C29H21F6N3O5/c1-15-6-7-17(12-21(15)38(41)42)23-20-4-3-5-22-25(20)37(8-9-43-22)27(40)24(23)26(39)36(2)14-16-10-18(28(30,31)32)13-19(11-16)29(33,34)35/h3-7,10-13H,8-9,14H2,1-2H3. The van der Waals surface area contributed by atoms with Crippen LogP contribution in [-0.2, 0) is 25.4 Å². The molecule has 8 nitrogen and oxygen atoms in total. The molecule has 0 atom stereocenters. The molecule has 3 aromatic carbocycles. The van der Waals surface area contributed by atoms with Crippen LogP contribution in [0.2, 0.25) is 0 Å². The van der Waals surface area contributed by atoms with Gasteiger partial charge in [-0.1, -0.05) is 24.3 Å². The lowest BCUT2D eigenvalue weighted by atomic mass is 9.93. The molecule has 0 saturated heterocycles. The molecule has 1 aliphatic heterocycles. The number of aryl methyl sites for hydroxylation is 1. The highest BCUT2D eigenvalue weighted by Gasteiger charge is 2.37. The molecular weight excluding hydrogens is 584 g/mol. The molecule has 0 radical (unpaired) electrons. The third kappa shape index (κ3) is 5.40. The van der Waals surface area contributed by atoms with E-state index in [9.17, 15) is 46.0 Å². The third-order valence-electron chi connectivity index (χ3n) is 7.14. The molecule has 0 unspecified atom stereocenters. The molecule has 1 amide bonds. The van der Waals surface area contributed by atoms with E-state index in [1.165, 1.54) is 29.7 Å². The van der Waals surface area contributed by atoms with Gasteiger partial charge in [-0.15, -0.1) is 0 Å². The Morgan fingerprint density at radius 2 is 1.67 bits per heavy atom. The number of nitro benzene ring substituents is 1. The predicted molar refractivity (Wildman–Crippen MR) is 143 cm³/mol. The van der Waals surface area contributed by atoms with Gasteiger partial charge in [0.25, 0.3) is 17.2 Å². The number of hydrogen-bond acceptors (Lipinski definition) is 5. The molecule has 0 N–H and O–H groups in total. The van der Waals surface area contributed by atoms with Gasteiger partial charge in [0.2, 0.25) is 0 Å². The zero-order valence-corrected chi connectivity index (χ0v) is 22.5. The van der Waals surface area contributed by atoms with Crippen molar-refractivity contribution in [1.82, 2.24) is 9.47 Å². The number of hydrogen-bond donors (Lipinski definition) is 0. The van der Waals surface area contributed by atoms with E-state index in [2.05, 4.69) is 0 Å². The molecule has 0 fully saturated rings. The molecular formula is C29H21F6N3O5. The van der Waals surface area contributed by atoms with Gasteiger partial charge < -0.3 is 14.2 Å². The van der Waals surface area contributed by atoms with Gasteiger partial charge in [-0.2, -0.15) is 26.3 Å². The van der Waals surface area contributed by atoms with E-state index in [0.717, 1.165) is 11.9 Å². The number of para-hydroxylation sites is 1. The molecule has 43 heavy (non-hydrogen) atoms. The Balaban J connectivity index is 1.71. The second kappa shape index (κ2) is 10.4. The Hall–Kier alpha value is -4.88. The van der Waals surface area contributed by atoms with Gasteiger partial charge in [-0.3, -0.25) is 19.7 Å². The predicted octanol–water partition coefficient (Wildman–Crippen LogP) is 6.59. The Morgan fingerprint density at radius 3 is 2.28 bits per heavy atom. The van der Waals surface area contributed by atoms with Gasteiger partial charge in [-0.25, -0.2) is 0 Å². The van der Waals surface area contributed by atoms with Crippen LogP contribution in [0.25, 0.3) is 22.0 Å². The van der Waals surface area contributed by atoms with Crippen LogP contribution in [-0.4, -0.2) is 34.0 Å². The van der Waals surface area contributed by atoms with Gasteiger partial charge >= 0.3 is 12.4 Å². The quantitative estimate of drug-likeness (QED) is 0.145. The fraction of sp³-hybridized carbons (Fsp3) is 0.241. The van der Waals surface area contributed by atoms with Crippen LogP contribution in [0.3, 0.4) is 0 Å². The maximum atomic E-state index is 13.9. The first-order valence-electron chi connectivity index (χ1n) is 12.7. The number of nitrogens with zero attached hydrogens (tertiary/aromatic N) is 3. The first-order chi connectivity index (χ1) is 20.1. The van der Waals surface area contributed by atoms with Crippen molar-refractivity contribution in [3.8, 4) is 16.9 Å². The summed E-state index contributed by atoms with van der Waals surface area (Å²) in [6.07, 6.45) is -10.2. The first-order valence-corrected chi connectivity index (χ1v) is 12.7. The second-order valence-electron chi connectivity index (χ2n) is 10.0. The van der Waals surface area contributed by atoms with Crippen molar-refractivity contribution in [2.45, 2.75) is 32.4 Å². The average Bonchev–Trinajstić information content (AvgIpc) is 2.93. The summed E-state index contributed by atoms with van der Waals surface area (Å²) in [7, 11) is 1.14. The maximum Gasteiger partial charge on any atom is 0.416 e. The van der Waals surface area contributed by atoms with Gasteiger partial charge in [0, 0.05) is 36.2 Å². The van der Waals surface area contributed by atoms with Crippen molar-refractivity contribution >= 4 is 22.5 Å². The second-order valence-corrected chi connectivity index (χ2v) is 10.0. The fourth-order valence-corrected chi connectivity index (χ4v) is 5.16. The number of benzene rings is 3. The number of halogens is 6. The van der Waals surface area contributed by atoms with Crippen LogP contribution in [0.1, 0.15) is 32.6 Å². The number of aromatic nitrogens is 1. The van der Waals surface area contributed by atoms with Crippen molar-refractivity contribution in [3.63, 3.8) is 0 Å². The molecule has 1 aromatic heterocycles. The van der Waals surface area contributed by atoms with Crippen molar-refractivity contribution < 1.29 is 40.8 Å². The number of pyridine rings is 1. The number of alkyl halides is 6. The van der Waals surface area contributed by atoms with E-state index >= 15 is 0 Å². The van der Waals surface area contributed by atoms with Crippen LogP contribution in [0.4, 0.5) is 32.0 Å². The number of carbonyl (C=O) groups is 1. The molecule has 5 rings (SSSR count). The van der Waals surface area contributed by atoms with E-state index in [1.807, 2.05) is 0 Å². The van der Waals surface area contributed by atoms with Gasteiger partial charge in [0.05, 0.1) is 28.1 Å². The highest BCUT2D eigenvalue weighted by molar-refractivity contribution is 6.10. The van der Waals surface area contributed by atoms with Crippen molar-refractivity contribution in [2.24, 2.45) is 0 Å². The summed E-state index contributed by atoms with van der Waals surface area (Å²) < 4.78 is 87.5. The minimum atomic E-state index is -5.09. The Morgan fingerprint density at radius 1 is 1.02 bits per heavy atom. The Kier molecular flexibility index (Phi) is 7.19. The summed E-state index contributed by atoms with van der Waals surface area (Å²) in [6.45, 7) is 0.939. The zero-order valence-electron chi connectivity index (χ0n) is 22.5. The molecule has 0 aliphatic carbocycles. The number of ether oxygens (including phenoxy) is 1. The highest BCUT2D eigenvalue weighted by atomic mass is 19.4. The minimum Gasteiger partial charge on any atom is -0.490 e. The SMILES string of the molecule is Cc1ccc(-c2c(C(=O)N(C)Cc3cc(C(F)(F)F)cc(C(F)(F)F)c3)c(=O)n3c4c(cccc24)OCC3)cc1[N+](=O)[O-]. The van der Waals surface area contributed by atoms with E-state index in [-0.39, 0.29) is 36.0 Å². The minimum absolute atomic E-state index is 0.0172. The van der Waals surface area contributed by atoms with Gasteiger partial charge in [-0.05, 0) is 42.3 Å². The number of rotatable bonds is 5. The monoisotopic (exact) mass is 605 g/mol. The summed E-state index contributed by atoms with van der Waals surface area (Å²) in [4.78, 5) is 39.7. The molecule has 4 aromatic rings. The zero-order chi connectivity index (χ0) is 31.4. The molecule has 0 bridgehead atoms. The highest BCUT2D eigenvalue weighted by Crippen LogP contribution is 2.39. The van der Waals surface area contributed by atoms with Crippen molar-refractivity contribution in [1.29, 1.82) is 0 Å². The largest absolute Gasteiger partial charge is 0.490 e. The van der Waals surface area contributed by atoms with Crippen molar-refractivity contribution in [2.75, 3.05) is 13.7 Å². The van der Waals surface area contributed by atoms with Crippen LogP contribution >= 0.6 is 0 Å². The lowest BCUT2D eigenvalue weighted by Crippen LogP contribution is -2.37. The third-order valence-corrected chi connectivity index (χ3v) is 7.14. The number of carbonyl (C=O) groups excluding carboxylic acids is 1. The lowest BCUT2D eigenvalue weighted by molar-refractivity contribution is -0.385. The maximum absolute atomic E-state index is 13.9. The molecule has 1 aliphatic rings.